The van der Waals surface area contributed by atoms with Gasteiger partial charge >= 0.3 is 0 Å². The zero-order chi connectivity index (χ0) is 14.7. The van der Waals surface area contributed by atoms with Crippen molar-refractivity contribution in [3.8, 4) is 5.75 Å². The number of aromatic nitrogens is 2. The lowest BCUT2D eigenvalue weighted by Gasteiger charge is -2.12. The monoisotopic (exact) mass is 341 g/mol. The molecule has 108 valence electrons. The molecule has 0 spiro atoms. The highest BCUT2D eigenvalue weighted by Crippen LogP contribution is 2.26. The number of hydrogen-bond donors (Lipinski definition) is 1. The predicted molar refractivity (Wildman–Crippen MR) is 79.1 cm³/mol. The van der Waals surface area contributed by atoms with Crippen molar-refractivity contribution >= 4 is 15.9 Å². The lowest BCUT2D eigenvalue weighted by atomic mass is 10.1. The van der Waals surface area contributed by atoms with Gasteiger partial charge in [0, 0.05) is 7.05 Å². The van der Waals surface area contributed by atoms with Crippen molar-refractivity contribution in [1.29, 1.82) is 0 Å². The lowest BCUT2D eigenvalue weighted by Crippen LogP contribution is -2.08. The number of rotatable bonds is 5. The van der Waals surface area contributed by atoms with Crippen LogP contribution in [0.5, 0.6) is 5.75 Å². The van der Waals surface area contributed by atoms with Crippen LogP contribution >= 0.6 is 15.9 Å². The standard InChI is InChI=1S/C14H17BrFN3O/c1-9-13(15)12(19(2)18-9)8-20-14-10(6-7-17)4-3-5-11(14)16/h3-5H,6-8,17H2,1-2H3. The summed E-state index contributed by atoms with van der Waals surface area (Å²) in [6, 6.07) is 4.88. The Morgan fingerprint density at radius 1 is 1.45 bits per heavy atom. The molecule has 20 heavy (non-hydrogen) atoms. The highest BCUT2D eigenvalue weighted by molar-refractivity contribution is 9.10. The molecule has 1 heterocycles. The van der Waals surface area contributed by atoms with Crippen LogP contribution in [0.4, 0.5) is 4.39 Å². The van der Waals surface area contributed by atoms with Crippen molar-refractivity contribution in [3.63, 3.8) is 0 Å². The van der Waals surface area contributed by atoms with Gasteiger partial charge in [0.2, 0.25) is 0 Å². The first kappa shape index (κ1) is 15.0. The number of para-hydroxylation sites is 1. The largest absolute Gasteiger partial charge is 0.484 e. The molecule has 2 aromatic rings. The van der Waals surface area contributed by atoms with Crippen molar-refractivity contribution in [2.24, 2.45) is 12.8 Å². The average Bonchev–Trinajstić information content (AvgIpc) is 2.64. The lowest BCUT2D eigenvalue weighted by molar-refractivity contribution is 0.276. The molecule has 4 nitrogen and oxygen atoms in total. The van der Waals surface area contributed by atoms with Crippen molar-refractivity contribution in [2.45, 2.75) is 20.0 Å². The summed E-state index contributed by atoms with van der Waals surface area (Å²) in [6.07, 6.45) is 0.582. The van der Waals surface area contributed by atoms with Gasteiger partial charge in [0.1, 0.15) is 6.61 Å². The molecule has 1 aromatic carbocycles. The minimum Gasteiger partial charge on any atom is -0.484 e. The van der Waals surface area contributed by atoms with Crippen LogP contribution in [0.15, 0.2) is 22.7 Å². The van der Waals surface area contributed by atoms with Crippen LogP contribution in [0.1, 0.15) is 17.0 Å². The highest BCUT2D eigenvalue weighted by atomic mass is 79.9. The van der Waals surface area contributed by atoms with E-state index in [0.717, 1.165) is 21.4 Å². The van der Waals surface area contributed by atoms with Gasteiger partial charge in [-0.25, -0.2) is 4.39 Å². The maximum atomic E-state index is 13.9. The van der Waals surface area contributed by atoms with Crippen molar-refractivity contribution < 1.29 is 9.13 Å². The van der Waals surface area contributed by atoms with E-state index in [1.54, 1.807) is 10.7 Å². The third-order valence-corrected chi connectivity index (χ3v) is 4.11. The van der Waals surface area contributed by atoms with E-state index in [1.165, 1.54) is 6.07 Å². The number of halogens is 2. The number of nitrogens with zero attached hydrogens (tertiary/aromatic N) is 2. The topological polar surface area (TPSA) is 53.1 Å². The molecule has 0 fully saturated rings. The van der Waals surface area contributed by atoms with Gasteiger partial charge in [-0.15, -0.1) is 0 Å². The molecule has 0 bridgehead atoms. The number of nitrogens with two attached hydrogens (primary N) is 1. The van der Waals surface area contributed by atoms with E-state index >= 15 is 0 Å². The van der Waals surface area contributed by atoms with Gasteiger partial charge in [0.25, 0.3) is 0 Å². The third-order valence-electron chi connectivity index (χ3n) is 3.08. The van der Waals surface area contributed by atoms with E-state index in [1.807, 2.05) is 20.0 Å². The average molecular weight is 342 g/mol. The fraction of sp³-hybridized carbons (Fsp3) is 0.357. The van der Waals surface area contributed by atoms with E-state index in [0.29, 0.717) is 13.0 Å². The Bertz CT molecular complexity index is 613. The second-order valence-corrected chi connectivity index (χ2v) is 5.32. The minimum absolute atomic E-state index is 0.246. The van der Waals surface area contributed by atoms with Crippen LogP contribution in [0.25, 0.3) is 0 Å². The smallest absolute Gasteiger partial charge is 0.165 e. The van der Waals surface area contributed by atoms with Gasteiger partial charge in [0.15, 0.2) is 11.6 Å². The van der Waals surface area contributed by atoms with Crippen LogP contribution < -0.4 is 10.5 Å². The predicted octanol–water partition coefficient (Wildman–Crippen LogP) is 2.71. The summed E-state index contributed by atoms with van der Waals surface area (Å²) >= 11 is 3.47. The maximum Gasteiger partial charge on any atom is 0.165 e. The molecule has 0 aliphatic heterocycles. The van der Waals surface area contributed by atoms with Crippen molar-refractivity contribution in [3.05, 3.63) is 45.4 Å². The van der Waals surface area contributed by atoms with E-state index in [4.69, 9.17) is 10.5 Å². The maximum absolute atomic E-state index is 13.9. The summed E-state index contributed by atoms with van der Waals surface area (Å²) in [4.78, 5) is 0. The second-order valence-electron chi connectivity index (χ2n) is 4.53. The summed E-state index contributed by atoms with van der Waals surface area (Å²) in [5.74, 6) is -0.102. The summed E-state index contributed by atoms with van der Waals surface area (Å²) in [5.41, 5.74) is 8.06. The molecule has 0 aliphatic rings. The zero-order valence-electron chi connectivity index (χ0n) is 11.5. The summed E-state index contributed by atoms with van der Waals surface area (Å²) < 4.78 is 22.2. The number of benzene rings is 1. The molecular formula is C14H17BrFN3O. The minimum atomic E-state index is -0.369. The SMILES string of the molecule is Cc1nn(C)c(COc2c(F)cccc2CCN)c1Br. The van der Waals surface area contributed by atoms with Gasteiger partial charge in [0.05, 0.1) is 15.9 Å². The van der Waals surface area contributed by atoms with Crippen LogP contribution in [-0.4, -0.2) is 16.3 Å². The molecule has 0 aliphatic carbocycles. The fourth-order valence-electron chi connectivity index (χ4n) is 2.04. The molecule has 2 rings (SSSR count). The first-order valence-electron chi connectivity index (χ1n) is 6.32. The van der Waals surface area contributed by atoms with Crippen LogP contribution in [0.2, 0.25) is 0 Å². The molecule has 6 heteroatoms. The molecule has 0 radical (unpaired) electrons. The Hall–Kier alpha value is -1.40. The quantitative estimate of drug-likeness (QED) is 0.909. The molecule has 0 amide bonds. The molecule has 0 saturated carbocycles. The normalized spacial score (nSPS) is 10.8. The first-order valence-corrected chi connectivity index (χ1v) is 7.12. The molecule has 0 atom stereocenters. The zero-order valence-corrected chi connectivity index (χ0v) is 13.1. The number of hydrogen-bond acceptors (Lipinski definition) is 3. The summed E-state index contributed by atoms with van der Waals surface area (Å²) in [5, 5.41) is 4.28. The summed E-state index contributed by atoms with van der Waals surface area (Å²) in [6.45, 7) is 2.60. The summed E-state index contributed by atoms with van der Waals surface area (Å²) in [7, 11) is 1.83. The third kappa shape index (κ3) is 3.02. The Morgan fingerprint density at radius 2 is 2.20 bits per heavy atom. The van der Waals surface area contributed by atoms with Crippen LogP contribution in [0, 0.1) is 12.7 Å². The van der Waals surface area contributed by atoms with Crippen molar-refractivity contribution in [1.82, 2.24) is 9.78 Å². The van der Waals surface area contributed by atoms with Gasteiger partial charge in [-0.3, -0.25) is 4.68 Å². The molecule has 0 unspecified atom stereocenters. The Kier molecular flexibility index (Phi) is 4.77. The molecular weight excluding hydrogens is 325 g/mol. The van der Waals surface area contributed by atoms with Gasteiger partial charge < -0.3 is 10.5 Å². The second kappa shape index (κ2) is 6.37. The molecule has 0 saturated heterocycles. The Morgan fingerprint density at radius 3 is 2.80 bits per heavy atom. The van der Waals surface area contributed by atoms with E-state index in [9.17, 15) is 4.39 Å². The molecule has 2 N–H and O–H groups in total. The number of aryl methyl sites for hydroxylation is 2. The van der Waals surface area contributed by atoms with Gasteiger partial charge in [-0.1, -0.05) is 12.1 Å². The fourth-order valence-corrected chi connectivity index (χ4v) is 2.50. The Balaban J connectivity index is 2.22. The highest BCUT2D eigenvalue weighted by Gasteiger charge is 2.14. The van der Waals surface area contributed by atoms with Crippen molar-refractivity contribution in [2.75, 3.05) is 6.54 Å². The van der Waals surface area contributed by atoms with Crippen LogP contribution in [-0.2, 0) is 20.1 Å². The first-order chi connectivity index (χ1) is 9.54. The van der Waals surface area contributed by atoms with E-state index in [2.05, 4.69) is 21.0 Å². The van der Waals surface area contributed by atoms with Gasteiger partial charge in [-0.2, -0.15) is 5.10 Å². The molecule has 1 aromatic heterocycles. The van der Waals surface area contributed by atoms with Crippen LogP contribution in [0.3, 0.4) is 0 Å². The van der Waals surface area contributed by atoms with E-state index in [-0.39, 0.29) is 18.2 Å². The Labute approximate surface area is 125 Å². The van der Waals surface area contributed by atoms with Gasteiger partial charge in [-0.05, 0) is 47.4 Å². The number of ether oxygens (including phenoxy) is 1. The van der Waals surface area contributed by atoms with E-state index < -0.39 is 0 Å².